The monoisotopic (exact) mass is 535 g/mol. The van der Waals surface area contributed by atoms with Gasteiger partial charge < -0.3 is 9.47 Å². The molecule has 2 aromatic carbocycles. The van der Waals surface area contributed by atoms with Gasteiger partial charge in [-0.1, -0.05) is 22.9 Å². The first-order chi connectivity index (χ1) is 16.8. The molecule has 8 nitrogen and oxygen atoms in total. The molecule has 1 amide bonds. The van der Waals surface area contributed by atoms with Crippen LogP contribution < -0.4 is 4.90 Å². The van der Waals surface area contributed by atoms with Gasteiger partial charge >= 0.3 is 0 Å². The van der Waals surface area contributed by atoms with Crippen molar-refractivity contribution in [3.05, 3.63) is 52.5 Å². The lowest BCUT2D eigenvalue weighted by Gasteiger charge is -2.26. The van der Waals surface area contributed by atoms with E-state index >= 15 is 0 Å². The number of amides is 1. The summed E-state index contributed by atoms with van der Waals surface area (Å²) in [5.41, 5.74) is 2.03. The number of nitrogens with zero attached hydrogens (tertiary/aromatic N) is 3. The number of aromatic nitrogens is 1. The van der Waals surface area contributed by atoms with Crippen molar-refractivity contribution in [2.24, 2.45) is 0 Å². The zero-order valence-electron chi connectivity index (χ0n) is 19.3. The van der Waals surface area contributed by atoms with Gasteiger partial charge in [0.25, 0.3) is 5.91 Å². The Morgan fingerprint density at radius 2 is 1.91 bits per heavy atom. The third-order valence-electron chi connectivity index (χ3n) is 6.33. The molecule has 0 aliphatic carbocycles. The fourth-order valence-corrected chi connectivity index (χ4v) is 6.90. The lowest BCUT2D eigenvalue weighted by atomic mass is 10.2. The molecular formula is C24H26ClN3O5S2. The summed E-state index contributed by atoms with van der Waals surface area (Å²) in [4.78, 5) is 20.2. The van der Waals surface area contributed by atoms with Gasteiger partial charge in [0, 0.05) is 30.3 Å². The van der Waals surface area contributed by atoms with Gasteiger partial charge in [0.1, 0.15) is 0 Å². The van der Waals surface area contributed by atoms with E-state index in [1.165, 1.54) is 27.8 Å². The maximum Gasteiger partial charge on any atom is 0.260 e. The zero-order valence-corrected chi connectivity index (χ0v) is 21.7. The van der Waals surface area contributed by atoms with Gasteiger partial charge in [-0.25, -0.2) is 13.4 Å². The number of hydrogen-bond donors (Lipinski definition) is 0. The standard InChI is InChI=1S/C24H26ClN3O5S2/c1-16-20(25)8-9-21-22(16)26-24(34-21)28(15-18-3-2-12-33-18)23(29)17-4-6-19(7-5-17)35(30,31)27-10-13-32-14-11-27/h4-9,18H,2-3,10-15H2,1H3. The molecule has 3 aromatic rings. The van der Waals surface area contributed by atoms with Crippen molar-refractivity contribution in [1.82, 2.24) is 9.29 Å². The number of ether oxygens (including phenoxy) is 2. The number of fused-ring (bicyclic) bond motifs is 1. The summed E-state index contributed by atoms with van der Waals surface area (Å²) in [6.07, 6.45) is 1.75. The molecule has 1 aromatic heterocycles. The lowest BCUT2D eigenvalue weighted by molar-refractivity contribution is 0.0730. The summed E-state index contributed by atoms with van der Waals surface area (Å²) >= 11 is 7.71. The molecule has 11 heteroatoms. The van der Waals surface area contributed by atoms with E-state index < -0.39 is 10.0 Å². The zero-order chi connectivity index (χ0) is 24.6. The molecule has 186 valence electrons. The molecule has 0 bridgehead atoms. The second-order valence-corrected chi connectivity index (χ2v) is 12.0. The van der Waals surface area contributed by atoms with Crippen LogP contribution in [0.15, 0.2) is 41.3 Å². The van der Waals surface area contributed by atoms with Gasteiger partial charge in [-0.2, -0.15) is 4.31 Å². The highest BCUT2D eigenvalue weighted by Crippen LogP contribution is 2.35. The van der Waals surface area contributed by atoms with Crippen molar-refractivity contribution < 1.29 is 22.7 Å². The summed E-state index contributed by atoms with van der Waals surface area (Å²) in [5, 5.41) is 1.19. The van der Waals surface area contributed by atoms with Crippen LogP contribution in [0.5, 0.6) is 0 Å². The maximum absolute atomic E-state index is 13.7. The largest absolute Gasteiger partial charge is 0.379 e. The minimum absolute atomic E-state index is 0.0726. The number of morpholine rings is 1. The van der Waals surface area contributed by atoms with Gasteiger partial charge in [0.15, 0.2) is 5.13 Å². The normalized spacial score (nSPS) is 19.3. The summed E-state index contributed by atoms with van der Waals surface area (Å²) in [7, 11) is -3.64. The summed E-state index contributed by atoms with van der Waals surface area (Å²) in [6, 6.07) is 9.85. The summed E-state index contributed by atoms with van der Waals surface area (Å²) in [5.74, 6) is -0.251. The first-order valence-corrected chi connectivity index (χ1v) is 14.1. The molecule has 2 aliphatic rings. The number of thiazole rings is 1. The Balaban J connectivity index is 1.45. The van der Waals surface area contributed by atoms with Crippen LogP contribution in [0.25, 0.3) is 10.2 Å². The number of hydrogen-bond acceptors (Lipinski definition) is 7. The Morgan fingerprint density at radius 3 is 2.60 bits per heavy atom. The molecule has 35 heavy (non-hydrogen) atoms. The van der Waals surface area contributed by atoms with Gasteiger partial charge in [-0.3, -0.25) is 9.69 Å². The molecule has 2 fully saturated rings. The van der Waals surface area contributed by atoms with Gasteiger partial charge in [0.05, 0.1) is 41.0 Å². The third-order valence-corrected chi connectivity index (χ3v) is 9.70. The van der Waals surface area contributed by atoms with Crippen LogP contribution in [0.1, 0.15) is 28.8 Å². The van der Waals surface area contributed by atoms with Crippen molar-refractivity contribution in [2.75, 3.05) is 44.4 Å². The average Bonchev–Trinajstić information content (AvgIpc) is 3.55. The number of benzene rings is 2. The highest BCUT2D eigenvalue weighted by Gasteiger charge is 2.29. The number of rotatable bonds is 6. The van der Waals surface area contributed by atoms with Crippen LogP contribution in [0, 0.1) is 6.92 Å². The molecule has 3 heterocycles. The Hall–Kier alpha value is -2.08. The number of carbonyl (C=O) groups excluding carboxylic acids is 1. The SMILES string of the molecule is Cc1c(Cl)ccc2sc(N(CC3CCCO3)C(=O)c3ccc(S(=O)(=O)N4CCOCC4)cc3)nc12. The van der Waals surface area contributed by atoms with E-state index in [-0.39, 0.29) is 16.9 Å². The first kappa shape index (κ1) is 24.6. The van der Waals surface area contributed by atoms with E-state index in [4.69, 9.17) is 26.1 Å². The van der Waals surface area contributed by atoms with Crippen molar-refractivity contribution >= 4 is 54.2 Å². The molecule has 0 N–H and O–H groups in total. The average molecular weight is 536 g/mol. The van der Waals surface area contributed by atoms with Gasteiger partial charge in [-0.15, -0.1) is 0 Å². The topological polar surface area (TPSA) is 89.0 Å². The lowest BCUT2D eigenvalue weighted by Crippen LogP contribution is -2.40. The highest BCUT2D eigenvalue weighted by atomic mass is 35.5. The van der Waals surface area contributed by atoms with Crippen LogP contribution >= 0.6 is 22.9 Å². The van der Waals surface area contributed by atoms with Crippen LogP contribution in [-0.2, 0) is 19.5 Å². The molecule has 1 atom stereocenters. The van der Waals surface area contributed by atoms with E-state index in [9.17, 15) is 13.2 Å². The van der Waals surface area contributed by atoms with Crippen LogP contribution in [0.3, 0.4) is 0 Å². The molecule has 0 spiro atoms. The van der Waals surface area contributed by atoms with Crippen LogP contribution in [0.2, 0.25) is 5.02 Å². The van der Waals surface area contributed by atoms with Gasteiger partial charge in [0.2, 0.25) is 10.0 Å². The molecule has 5 rings (SSSR count). The summed E-state index contributed by atoms with van der Waals surface area (Å²) < 4.78 is 39.3. The van der Waals surface area contributed by atoms with E-state index in [2.05, 4.69) is 0 Å². The predicted octanol–water partition coefficient (Wildman–Crippen LogP) is 4.10. The Kier molecular flexibility index (Phi) is 7.11. The van der Waals surface area contributed by atoms with Gasteiger partial charge in [-0.05, 0) is 61.7 Å². The second kappa shape index (κ2) is 10.1. The smallest absolute Gasteiger partial charge is 0.260 e. The predicted molar refractivity (Wildman–Crippen MR) is 136 cm³/mol. The molecule has 0 saturated carbocycles. The quantitative estimate of drug-likeness (QED) is 0.472. The first-order valence-electron chi connectivity index (χ1n) is 11.5. The third kappa shape index (κ3) is 4.96. The Morgan fingerprint density at radius 1 is 1.17 bits per heavy atom. The van der Waals surface area contributed by atoms with Crippen LogP contribution in [-0.4, -0.2) is 69.2 Å². The second-order valence-electron chi connectivity index (χ2n) is 8.61. The fraction of sp³-hybridized carbons (Fsp3) is 0.417. The number of anilines is 1. The van der Waals surface area contributed by atoms with Crippen LogP contribution in [0.4, 0.5) is 5.13 Å². The van der Waals surface area contributed by atoms with Crippen molar-refractivity contribution in [3.8, 4) is 0 Å². The number of halogens is 1. The minimum atomic E-state index is -3.64. The van der Waals surface area contributed by atoms with Crippen molar-refractivity contribution in [3.63, 3.8) is 0 Å². The Labute approximate surface area is 213 Å². The molecule has 0 radical (unpaired) electrons. The van der Waals surface area contributed by atoms with Crippen molar-refractivity contribution in [2.45, 2.75) is 30.8 Å². The Bertz CT molecular complexity index is 1330. The van der Waals surface area contributed by atoms with E-state index in [0.29, 0.717) is 55.2 Å². The van der Waals surface area contributed by atoms with E-state index in [0.717, 1.165) is 28.6 Å². The maximum atomic E-state index is 13.7. The number of carbonyl (C=O) groups is 1. The molecule has 1 unspecified atom stereocenters. The molecular weight excluding hydrogens is 510 g/mol. The number of aryl methyl sites for hydroxylation is 1. The highest BCUT2D eigenvalue weighted by molar-refractivity contribution is 7.89. The fourth-order valence-electron chi connectivity index (χ4n) is 4.31. The van der Waals surface area contributed by atoms with E-state index in [1.54, 1.807) is 17.0 Å². The molecule has 2 saturated heterocycles. The number of sulfonamides is 1. The molecule has 2 aliphatic heterocycles. The van der Waals surface area contributed by atoms with E-state index in [1.807, 2.05) is 19.1 Å². The van der Waals surface area contributed by atoms with Crippen molar-refractivity contribution in [1.29, 1.82) is 0 Å². The summed E-state index contributed by atoms with van der Waals surface area (Å²) in [6.45, 7) is 4.35. The minimum Gasteiger partial charge on any atom is -0.379 e.